The van der Waals surface area contributed by atoms with Crippen LogP contribution in [0.4, 0.5) is 0 Å². The normalized spacial score (nSPS) is 11.8. The molecule has 0 saturated heterocycles. The summed E-state index contributed by atoms with van der Waals surface area (Å²) in [6.07, 6.45) is 9.33. The van der Waals surface area contributed by atoms with Crippen LogP contribution in [0.15, 0.2) is 60.2 Å². The molecule has 0 amide bonds. The summed E-state index contributed by atoms with van der Waals surface area (Å²) in [5, 5.41) is 0. The van der Waals surface area contributed by atoms with Crippen LogP contribution in [0.5, 0.6) is 5.75 Å². The third-order valence-corrected chi connectivity index (χ3v) is 3.17. The summed E-state index contributed by atoms with van der Waals surface area (Å²) in [4.78, 5) is 0. The van der Waals surface area contributed by atoms with E-state index in [-0.39, 0.29) is 0 Å². The molecule has 1 aromatic carbocycles. The van der Waals surface area contributed by atoms with Gasteiger partial charge in [0.25, 0.3) is 0 Å². The topological polar surface area (TPSA) is 9.23 Å². The summed E-state index contributed by atoms with van der Waals surface area (Å²) in [6, 6.07) is 8.38. The molecule has 0 aliphatic carbocycles. The molecule has 0 atom stereocenters. The van der Waals surface area contributed by atoms with Crippen molar-refractivity contribution < 1.29 is 4.74 Å². The van der Waals surface area contributed by atoms with Crippen molar-refractivity contribution in [1.29, 1.82) is 0 Å². The van der Waals surface area contributed by atoms with Crippen molar-refractivity contribution in [2.75, 3.05) is 6.61 Å². The molecule has 1 aromatic rings. The van der Waals surface area contributed by atoms with Gasteiger partial charge in [-0.1, -0.05) is 42.9 Å². The van der Waals surface area contributed by atoms with Gasteiger partial charge in [0.2, 0.25) is 0 Å². The van der Waals surface area contributed by atoms with Gasteiger partial charge in [-0.05, 0) is 56.4 Å². The van der Waals surface area contributed by atoms with E-state index in [1.807, 2.05) is 13.0 Å². The number of hydrogen-bond acceptors (Lipinski definition) is 1. The van der Waals surface area contributed by atoms with Crippen LogP contribution in [0.2, 0.25) is 0 Å². The molecule has 108 valence electrons. The quantitative estimate of drug-likeness (QED) is 0.448. The Morgan fingerprint density at radius 1 is 1.25 bits per heavy atom. The number of rotatable bonds is 8. The van der Waals surface area contributed by atoms with Gasteiger partial charge in [0.1, 0.15) is 12.4 Å². The molecule has 20 heavy (non-hydrogen) atoms. The fourth-order valence-electron chi connectivity index (χ4n) is 1.79. The molecule has 1 rings (SSSR count). The molecule has 1 nitrogen and oxygen atoms in total. The summed E-state index contributed by atoms with van der Waals surface area (Å²) in [6.45, 7) is 10.8. The van der Waals surface area contributed by atoms with Gasteiger partial charge in [-0.3, -0.25) is 0 Å². The van der Waals surface area contributed by atoms with E-state index < -0.39 is 0 Å². The van der Waals surface area contributed by atoms with Crippen LogP contribution in [0, 0.1) is 0 Å². The maximum absolute atomic E-state index is 5.82. The van der Waals surface area contributed by atoms with Crippen LogP contribution in [-0.2, 0) is 6.42 Å². The van der Waals surface area contributed by atoms with Crippen molar-refractivity contribution in [2.45, 2.75) is 40.0 Å². The molecular formula is C19H26O. The predicted molar refractivity (Wildman–Crippen MR) is 88.3 cm³/mol. The van der Waals surface area contributed by atoms with E-state index in [1.165, 1.54) is 16.7 Å². The van der Waals surface area contributed by atoms with Crippen molar-refractivity contribution in [3.63, 3.8) is 0 Å². The van der Waals surface area contributed by atoms with E-state index in [2.05, 4.69) is 56.8 Å². The van der Waals surface area contributed by atoms with Gasteiger partial charge >= 0.3 is 0 Å². The van der Waals surface area contributed by atoms with Gasteiger partial charge in [-0.25, -0.2) is 0 Å². The second-order valence-corrected chi connectivity index (χ2v) is 5.09. The number of ether oxygens (including phenoxy) is 1. The van der Waals surface area contributed by atoms with E-state index in [9.17, 15) is 0 Å². The molecule has 0 saturated carbocycles. The van der Waals surface area contributed by atoms with E-state index in [1.54, 1.807) is 0 Å². The SMILES string of the molecule is C=C(C)CCc1ccc(OC/C(=C/C=C\C)CC)cc1. The maximum atomic E-state index is 5.82. The molecule has 0 aromatic heterocycles. The first-order chi connectivity index (χ1) is 9.65. The lowest BCUT2D eigenvalue weighted by Crippen LogP contribution is -2.00. The molecule has 1 heteroatoms. The lowest BCUT2D eigenvalue weighted by atomic mass is 10.1. The predicted octanol–water partition coefficient (Wildman–Crippen LogP) is 5.49. The Morgan fingerprint density at radius 3 is 2.50 bits per heavy atom. The van der Waals surface area contributed by atoms with Crippen molar-refractivity contribution >= 4 is 0 Å². The standard InChI is InChI=1S/C19H26O/c1-5-7-8-17(6-2)15-20-19-13-11-18(12-14-19)10-9-16(3)4/h5,7-8,11-14H,3,6,9-10,15H2,1-2,4H3/b7-5-,17-8+. The zero-order chi connectivity index (χ0) is 14.8. The van der Waals surface area contributed by atoms with Crippen LogP contribution >= 0.6 is 0 Å². The van der Waals surface area contributed by atoms with Crippen LogP contribution in [0.25, 0.3) is 0 Å². The molecule has 0 N–H and O–H groups in total. The minimum Gasteiger partial charge on any atom is -0.489 e. The van der Waals surface area contributed by atoms with Crippen LogP contribution in [0.1, 0.15) is 39.2 Å². The Balaban J connectivity index is 2.50. The Hall–Kier alpha value is -1.76. The summed E-state index contributed by atoms with van der Waals surface area (Å²) in [5.74, 6) is 0.934. The minimum absolute atomic E-state index is 0.659. The first-order valence-corrected chi connectivity index (χ1v) is 7.32. The van der Waals surface area contributed by atoms with Crippen LogP contribution < -0.4 is 4.74 Å². The summed E-state index contributed by atoms with van der Waals surface area (Å²) in [7, 11) is 0. The van der Waals surface area contributed by atoms with Gasteiger partial charge in [-0.15, -0.1) is 6.58 Å². The average Bonchev–Trinajstić information content (AvgIpc) is 2.46. The number of allylic oxidation sites excluding steroid dienone is 4. The highest BCUT2D eigenvalue weighted by molar-refractivity contribution is 5.28. The monoisotopic (exact) mass is 270 g/mol. The number of hydrogen-bond donors (Lipinski definition) is 0. The summed E-state index contributed by atoms with van der Waals surface area (Å²) in [5.41, 5.74) is 3.86. The summed E-state index contributed by atoms with van der Waals surface area (Å²) < 4.78 is 5.82. The molecular weight excluding hydrogens is 244 g/mol. The minimum atomic E-state index is 0.659. The van der Waals surface area contributed by atoms with E-state index in [0.29, 0.717) is 6.61 Å². The van der Waals surface area contributed by atoms with Gasteiger partial charge in [0.15, 0.2) is 0 Å². The molecule has 0 spiro atoms. The zero-order valence-corrected chi connectivity index (χ0v) is 13.0. The fourth-order valence-corrected chi connectivity index (χ4v) is 1.79. The highest BCUT2D eigenvalue weighted by atomic mass is 16.5. The molecule has 0 unspecified atom stereocenters. The zero-order valence-electron chi connectivity index (χ0n) is 13.0. The van der Waals surface area contributed by atoms with E-state index >= 15 is 0 Å². The van der Waals surface area contributed by atoms with E-state index in [0.717, 1.165) is 25.0 Å². The molecule has 0 fully saturated rings. The van der Waals surface area contributed by atoms with Gasteiger partial charge < -0.3 is 4.74 Å². The van der Waals surface area contributed by atoms with Gasteiger partial charge in [-0.2, -0.15) is 0 Å². The third-order valence-electron chi connectivity index (χ3n) is 3.17. The Morgan fingerprint density at radius 2 is 1.95 bits per heavy atom. The van der Waals surface area contributed by atoms with Crippen LogP contribution in [0.3, 0.4) is 0 Å². The van der Waals surface area contributed by atoms with Crippen LogP contribution in [-0.4, -0.2) is 6.61 Å². The molecule has 0 aliphatic rings. The van der Waals surface area contributed by atoms with E-state index in [4.69, 9.17) is 4.74 Å². The first-order valence-electron chi connectivity index (χ1n) is 7.32. The van der Waals surface area contributed by atoms with Gasteiger partial charge in [0.05, 0.1) is 0 Å². The Kier molecular flexibility index (Phi) is 7.49. The highest BCUT2D eigenvalue weighted by Crippen LogP contribution is 2.16. The van der Waals surface area contributed by atoms with Crippen molar-refractivity contribution in [1.82, 2.24) is 0 Å². The average molecular weight is 270 g/mol. The highest BCUT2D eigenvalue weighted by Gasteiger charge is 1.98. The third kappa shape index (κ3) is 6.42. The van der Waals surface area contributed by atoms with Crippen molar-refractivity contribution in [2.24, 2.45) is 0 Å². The van der Waals surface area contributed by atoms with Gasteiger partial charge in [0, 0.05) is 0 Å². The lowest BCUT2D eigenvalue weighted by Gasteiger charge is -2.09. The smallest absolute Gasteiger partial charge is 0.119 e. The first kappa shape index (κ1) is 16.3. The van der Waals surface area contributed by atoms with Crippen molar-refractivity contribution in [3.8, 4) is 5.75 Å². The number of benzene rings is 1. The second-order valence-electron chi connectivity index (χ2n) is 5.09. The maximum Gasteiger partial charge on any atom is 0.119 e. The molecule has 0 heterocycles. The number of aryl methyl sites for hydroxylation is 1. The largest absolute Gasteiger partial charge is 0.489 e. The van der Waals surface area contributed by atoms with Crippen molar-refractivity contribution in [3.05, 3.63) is 65.8 Å². The second kappa shape index (κ2) is 9.19. The Labute approximate surface area is 123 Å². The molecule has 0 radical (unpaired) electrons. The molecule has 0 aliphatic heterocycles. The lowest BCUT2D eigenvalue weighted by molar-refractivity contribution is 0.348. The Bertz CT molecular complexity index is 463. The fraction of sp³-hybridized carbons (Fsp3) is 0.368. The summed E-state index contributed by atoms with van der Waals surface area (Å²) >= 11 is 0. The molecule has 0 bridgehead atoms.